The van der Waals surface area contributed by atoms with Gasteiger partial charge in [-0.1, -0.05) is 45.0 Å². The van der Waals surface area contributed by atoms with Crippen molar-refractivity contribution in [1.29, 1.82) is 0 Å². The van der Waals surface area contributed by atoms with Crippen LogP contribution in [0.1, 0.15) is 38.8 Å². The molecular formula is C25H26FN3O2. The molecule has 0 aromatic heterocycles. The van der Waals surface area contributed by atoms with Gasteiger partial charge in [0, 0.05) is 23.0 Å². The van der Waals surface area contributed by atoms with Gasteiger partial charge in [0.05, 0.1) is 12.8 Å². The Morgan fingerprint density at radius 2 is 1.81 bits per heavy atom. The summed E-state index contributed by atoms with van der Waals surface area (Å²) in [4.78, 5) is 9.24. The molecule has 2 aliphatic rings. The normalized spacial score (nSPS) is 20.8. The first-order chi connectivity index (χ1) is 14.6. The van der Waals surface area contributed by atoms with Crippen molar-refractivity contribution in [3.63, 3.8) is 0 Å². The van der Waals surface area contributed by atoms with Crippen LogP contribution < -0.4 is 4.74 Å². The van der Waals surface area contributed by atoms with Gasteiger partial charge in [0.15, 0.2) is 5.70 Å². The van der Waals surface area contributed by atoms with Crippen molar-refractivity contribution >= 4 is 17.4 Å². The predicted molar refractivity (Wildman–Crippen MR) is 122 cm³/mol. The molecule has 6 heteroatoms. The van der Waals surface area contributed by atoms with E-state index in [9.17, 15) is 9.60 Å². The van der Waals surface area contributed by atoms with Crippen LogP contribution in [0.4, 0.5) is 4.39 Å². The van der Waals surface area contributed by atoms with Crippen molar-refractivity contribution in [2.75, 3.05) is 7.11 Å². The first-order valence-electron chi connectivity index (χ1n) is 10.2. The average molecular weight is 420 g/mol. The Morgan fingerprint density at radius 3 is 2.48 bits per heavy atom. The van der Waals surface area contributed by atoms with E-state index in [1.54, 1.807) is 31.5 Å². The zero-order chi connectivity index (χ0) is 22.4. The van der Waals surface area contributed by atoms with Crippen LogP contribution in [-0.2, 0) is 6.42 Å². The summed E-state index contributed by atoms with van der Waals surface area (Å²) in [6, 6.07) is 14.0. The first kappa shape index (κ1) is 21.2. The van der Waals surface area contributed by atoms with Gasteiger partial charge in [-0.25, -0.2) is 9.04 Å². The molecule has 0 amide bonds. The Hall–Kier alpha value is -3.09. The van der Waals surface area contributed by atoms with E-state index in [2.05, 4.69) is 9.98 Å². The van der Waals surface area contributed by atoms with Gasteiger partial charge >= 0.3 is 5.96 Å². The monoisotopic (exact) mass is 419 g/mol. The molecule has 160 valence electrons. The topological polar surface area (TPSA) is 57.0 Å². The molecule has 2 aliphatic heterocycles. The fourth-order valence-electron chi connectivity index (χ4n) is 3.83. The molecule has 0 aliphatic carbocycles. The fourth-order valence-corrected chi connectivity index (χ4v) is 3.83. The molecule has 31 heavy (non-hydrogen) atoms. The minimum Gasteiger partial charge on any atom is -0.614 e. The molecule has 4 rings (SSSR count). The molecule has 2 aromatic carbocycles. The molecular weight excluding hydrogens is 393 g/mol. The van der Waals surface area contributed by atoms with Crippen molar-refractivity contribution in [3.05, 3.63) is 88.2 Å². The number of hydrogen-bond donors (Lipinski definition) is 0. The molecule has 0 radical (unpaired) electrons. The standard InChI is InChI=1S/C25H26FN3O2/c1-16-21(14-17-9-6-7-12-20(17)26)27-24-28-22(25(2,3)4)15-29(24,30)23(16)18-10-8-11-19(13-18)31-5/h6-13,15H,14H2,1-5H3. The largest absolute Gasteiger partial charge is 0.614 e. The number of nitrogens with zero attached hydrogens (tertiary/aromatic N) is 3. The number of methoxy groups -OCH3 is 1. The van der Waals surface area contributed by atoms with Crippen LogP contribution in [0.25, 0.3) is 5.70 Å². The van der Waals surface area contributed by atoms with Crippen LogP contribution in [0.2, 0.25) is 0 Å². The molecule has 1 unspecified atom stereocenters. The molecule has 1 atom stereocenters. The van der Waals surface area contributed by atoms with Crippen molar-refractivity contribution in [1.82, 2.24) is 0 Å². The Morgan fingerprint density at radius 1 is 1.06 bits per heavy atom. The third-order valence-corrected chi connectivity index (χ3v) is 5.60. The van der Waals surface area contributed by atoms with Crippen LogP contribution >= 0.6 is 0 Å². The summed E-state index contributed by atoms with van der Waals surface area (Å²) in [5.74, 6) is 0.510. The molecule has 2 heterocycles. The molecule has 0 saturated carbocycles. The summed E-state index contributed by atoms with van der Waals surface area (Å²) < 4.78 is 18.9. The lowest BCUT2D eigenvalue weighted by molar-refractivity contribution is -0.647. The van der Waals surface area contributed by atoms with E-state index in [0.29, 0.717) is 28.4 Å². The maximum Gasteiger partial charge on any atom is 0.339 e. The summed E-state index contributed by atoms with van der Waals surface area (Å²) in [7, 11) is 1.59. The van der Waals surface area contributed by atoms with E-state index in [0.717, 1.165) is 11.1 Å². The van der Waals surface area contributed by atoms with Gasteiger partial charge in [0.25, 0.3) is 0 Å². The molecule has 0 N–H and O–H groups in total. The van der Waals surface area contributed by atoms with Crippen LogP contribution in [0.15, 0.2) is 76.0 Å². The predicted octanol–water partition coefficient (Wildman–Crippen LogP) is 5.83. The number of rotatable bonds is 4. The summed E-state index contributed by atoms with van der Waals surface area (Å²) in [6.45, 7) is 7.91. The van der Waals surface area contributed by atoms with Crippen LogP contribution in [0.5, 0.6) is 5.75 Å². The minimum atomic E-state index is -0.869. The van der Waals surface area contributed by atoms with Crippen LogP contribution in [-0.4, -0.2) is 23.4 Å². The van der Waals surface area contributed by atoms with Crippen molar-refractivity contribution in [2.45, 2.75) is 34.1 Å². The summed E-state index contributed by atoms with van der Waals surface area (Å²) in [5, 5.41) is 14.2. The SMILES string of the molecule is COc1cccc(C2=C(C)C(Cc3ccccc3F)=NC3=NC(C(C)(C)C)=C[N+]32[O-])c1. The van der Waals surface area contributed by atoms with E-state index in [1.807, 2.05) is 52.0 Å². The third-order valence-electron chi connectivity index (χ3n) is 5.60. The summed E-state index contributed by atoms with van der Waals surface area (Å²) >= 11 is 0. The van der Waals surface area contributed by atoms with Gasteiger partial charge in [-0.15, -0.1) is 0 Å². The first-order valence-corrected chi connectivity index (χ1v) is 10.2. The minimum absolute atomic E-state index is 0.152. The number of allylic oxidation sites excluding steroid dienone is 2. The maximum atomic E-state index is 14.4. The quantitative estimate of drug-likeness (QED) is 0.462. The third kappa shape index (κ3) is 3.73. The Kier molecular flexibility index (Phi) is 5.15. The van der Waals surface area contributed by atoms with E-state index in [1.165, 1.54) is 6.07 Å². The highest BCUT2D eigenvalue weighted by atomic mass is 19.1. The molecule has 0 fully saturated rings. The van der Waals surface area contributed by atoms with Crippen LogP contribution in [0.3, 0.4) is 0 Å². The Labute approximate surface area is 182 Å². The fraction of sp³-hybridized carbons (Fsp3) is 0.280. The highest BCUT2D eigenvalue weighted by Crippen LogP contribution is 2.43. The lowest BCUT2D eigenvalue weighted by Gasteiger charge is -2.39. The zero-order valence-corrected chi connectivity index (χ0v) is 18.4. The van der Waals surface area contributed by atoms with Crippen molar-refractivity contribution in [3.8, 4) is 5.75 Å². The lowest BCUT2D eigenvalue weighted by Crippen LogP contribution is -2.42. The van der Waals surface area contributed by atoms with Gasteiger partial charge in [-0.05, 0) is 36.8 Å². The average Bonchev–Trinajstić information content (AvgIpc) is 3.07. The molecule has 0 spiro atoms. The van der Waals surface area contributed by atoms with E-state index >= 15 is 0 Å². The van der Waals surface area contributed by atoms with Gasteiger partial charge in [-0.2, -0.15) is 9.98 Å². The number of ether oxygens (including phenoxy) is 1. The van der Waals surface area contributed by atoms with Gasteiger partial charge < -0.3 is 9.94 Å². The highest BCUT2D eigenvalue weighted by Gasteiger charge is 2.43. The molecule has 5 nitrogen and oxygen atoms in total. The van der Waals surface area contributed by atoms with Gasteiger partial charge in [0.2, 0.25) is 0 Å². The van der Waals surface area contributed by atoms with Crippen molar-refractivity contribution < 1.29 is 13.8 Å². The molecule has 0 bridgehead atoms. The maximum absolute atomic E-state index is 14.4. The second kappa shape index (κ2) is 7.55. The lowest BCUT2D eigenvalue weighted by atomic mass is 9.93. The van der Waals surface area contributed by atoms with E-state index in [4.69, 9.17) is 4.74 Å². The number of hydroxylamine groups is 3. The Balaban J connectivity index is 1.91. The van der Waals surface area contributed by atoms with Gasteiger partial charge in [0.1, 0.15) is 23.5 Å². The van der Waals surface area contributed by atoms with Gasteiger partial charge in [-0.3, -0.25) is 0 Å². The highest BCUT2D eigenvalue weighted by molar-refractivity contribution is 6.14. The van der Waals surface area contributed by atoms with E-state index in [-0.39, 0.29) is 23.6 Å². The number of halogens is 1. The Bertz CT molecular complexity index is 1170. The zero-order valence-electron chi connectivity index (χ0n) is 18.4. The number of quaternary nitrogens is 1. The van der Waals surface area contributed by atoms with E-state index < -0.39 is 4.65 Å². The van der Waals surface area contributed by atoms with Crippen LogP contribution in [0, 0.1) is 16.4 Å². The number of hydrogen-bond acceptors (Lipinski definition) is 4. The number of aliphatic imine (C=N–C) groups is 2. The van der Waals surface area contributed by atoms with Crippen molar-refractivity contribution in [2.24, 2.45) is 15.4 Å². The molecule has 2 aromatic rings. The second-order valence-electron chi connectivity index (χ2n) is 8.87. The smallest absolute Gasteiger partial charge is 0.339 e. The summed E-state index contributed by atoms with van der Waals surface area (Å²) in [6.07, 6.45) is 1.90. The number of fused-ring (bicyclic) bond motifs is 1. The molecule has 0 saturated heterocycles. The number of benzene rings is 2. The summed E-state index contributed by atoms with van der Waals surface area (Å²) in [5.41, 5.74) is 3.51. The second-order valence-corrected chi connectivity index (χ2v) is 8.87. The number of guanidine groups is 1.